The van der Waals surface area contributed by atoms with Gasteiger partial charge in [0.05, 0.1) is 24.7 Å². The van der Waals surface area contributed by atoms with Crippen molar-refractivity contribution in [3.63, 3.8) is 0 Å². The zero-order valence-electron chi connectivity index (χ0n) is 14.0. The second kappa shape index (κ2) is 7.59. The minimum Gasteiger partial charge on any atom is -0.462 e. The van der Waals surface area contributed by atoms with Crippen LogP contribution in [0, 0.1) is 12.8 Å². The van der Waals surface area contributed by atoms with Crippen LogP contribution in [-0.2, 0) is 11.3 Å². The Morgan fingerprint density at radius 3 is 2.62 bits per heavy atom. The fourth-order valence-corrected chi connectivity index (χ4v) is 3.72. The smallest absolute Gasteiger partial charge is 0.392 e. The molecular weight excluding hydrogens is 323 g/mol. The van der Waals surface area contributed by atoms with Crippen LogP contribution in [0.2, 0.25) is 0 Å². The lowest BCUT2D eigenvalue weighted by Gasteiger charge is -2.34. The summed E-state index contributed by atoms with van der Waals surface area (Å²) in [4.78, 5) is 12.1. The predicted octanol–water partition coefficient (Wildman–Crippen LogP) is 3.80. The number of aliphatic hydroxyl groups is 1. The minimum atomic E-state index is -4.27. The molecule has 1 heterocycles. The Kier molecular flexibility index (Phi) is 5.96. The lowest BCUT2D eigenvalue weighted by molar-refractivity contribution is -0.187. The first-order valence-corrected chi connectivity index (χ1v) is 8.35. The van der Waals surface area contributed by atoms with Crippen LogP contribution >= 0.6 is 0 Å². The number of hydrogen-bond acceptors (Lipinski definition) is 3. The Morgan fingerprint density at radius 2 is 2.04 bits per heavy atom. The lowest BCUT2D eigenvalue weighted by atomic mass is 9.76. The summed E-state index contributed by atoms with van der Waals surface area (Å²) < 4.78 is 47.0. The Hall–Kier alpha value is -1.50. The number of nitrogens with zero attached hydrogens (tertiary/aromatic N) is 1. The second-order valence-electron chi connectivity index (χ2n) is 6.23. The third-order valence-electron chi connectivity index (χ3n) is 4.76. The number of ether oxygens (including phenoxy) is 1. The number of esters is 1. The summed E-state index contributed by atoms with van der Waals surface area (Å²) in [5.74, 6) is -2.63. The van der Waals surface area contributed by atoms with Gasteiger partial charge < -0.3 is 14.4 Å². The average molecular weight is 347 g/mol. The van der Waals surface area contributed by atoms with Crippen LogP contribution in [0.3, 0.4) is 0 Å². The zero-order valence-corrected chi connectivity index (χ0v) is 14.0. The fourth-order valence-electron chi connectivity index (χ4n) is 3.72. The average Bonchev–Trinajstić information content (AvgIpc) is 2.83. The first kappa shape index (κ1) is 18.8. The number of rotatable bonds is 5. The Labute approximate surface area is 139 Å². The molecule has 136 valence electrons. The predicted molar refractivity (Wildman–Crippen MR) is 83.0 cm³/mol. The Bertz CT molecular complexity index is 580. The molecule has 0 saturated heterocycles. The largest absolute Gasteiger partial charge is 0.462 e. The van der Waals surface area contributed by atoms with Crippen LogP contribution in [0.15, 0.2) is 6.20 Å². The Balaban J connectivity index is 2.48. The normalized spacial score (nSPS) is 21.8. The number of alkyl halides is 3. The van der Waals surface area contributed by atoms with Crippen molar-refractivity contribution in [1.29, 1.82) is 0 Å². The highest BCUT2D eigenvalue weighted by Crippen LogP contribution is 2.47. The summed E-state index contributed by atoms with van der Waals surface area (Å²) in [6, 6.07) is 0. The van der Waals surface area contributed by atoms with E-state index in [9.17, 15) is 23.1 Å². The van der Waals surface area contributed by atoms with Crippen LogP contribution in [-0.4, -0.2) is 35.0 Å². The summed E-state index contributed by atoms with van der Waals surface area (Å²) in [7, 11) is 0. The van der Waals surface area contributed by atoms with Gasteiger partial charge in [0.25, 0.3) is 0 Å². The third-order valence-corrected chi connectivity index (χ3v) is 4.76. The van der Waals surface area contributed by atoms with Gasteiger partial charge in [-0.1, -0.05) is 12.8 Å². The molecular formula is C17H24F3NO3. The maximum atomic E-state index is 13.5. The molecule has 1 fully saturated rings. The van der Waals surface area contributed by atoms with Crippen molar-refractivity contribution < 1.29 is 27.8 Å². The molecule has 7 heteroatoms. The van der Waals surface area contributed by atoms with Crippen molar-refractivity contribution >= 4 is 5.97 Å². The van der Waals surface area contributed by atoms with Gasteiger partial charge in [0.2, 0.25) is 0 Å². The van der Waals surface area contributed by atoms with Crippen molar-refractivity contribution in [2.24, 2.45) is 5.92 Å². The van der Waals surface area contributed by atoms with Gasteiger partial charge in [-0.3, -0.25) is 0 Å². The molecule has 2 unspecified atom stereocenters. The highest BCUT2D eigenvalue weighted by atomic mass is 19.4. The van der Waals surface area contributed by atoms with Crippen molar-refractivity contribution in [3.8, 4) is 0 Å². The second-order valence-corrected chi connectivity index (χ2v) is 6.23. The highest BCUT2D eigenvalue weighted by Gasteiger charge is 2.47. The van der Waals surface area contributed by atoms with Crippen molar-refractivity contribution in [2.45, 2.75) is 58.2 Å². The molecule has 1 aliphatic rings. The van der Waals surface area contributed by atoms with Gasteiger partial charge in [-0.15, -0.1) is 0 Å². The van der Waals surface area contributed by atoms with Crippen LogP contribution in [0.25, 0.3) is 0 Å². The van der Waals surface area contributed by atoms with E-state index in [0.29, 0.717) is 24.1 Å². The zero-order chi connectivity index (χ0) is 17.9. The van der Waals surface area contributed by atoms with E-state index in [1.54, 1.807) is 18.4 Å². The van der Waals surface area contributed by atoms with Gasteiger partial charge in [0, 0.05) is 24.4 Å². The van der Waals surface area contributed by atoms with E-state index in [1.807, 2.05) is 0 Å². The first-order chi connectivity index (χ1) is 11.3. The number of aromatic nitrogens is 1. The van der Waals surface area contributed by atoms with E-state index >= 15 is 0 Å². The fraction of sp³-hybridized carbons (Fsp3) is 0.706. The number of carbonyl (C=O) groups excluding carboxylic acids is 1. The van der Waals surface area contributed by atoms with Crippen molar-refractivity contribution in [1.82, 2.24) is 4.57 Å². The van der Waals surface area contributed by atoms with Crippen LogP contribution in [0.1, 0.15) is 60.1 Å². The van der Waals surface area contributed by atoms with Gasteiger partial charge in [-0.25, -0.2) is 4.79 Å². The van der Waals surface area contributed by atoms with E-state index in [-0.39, 0.29) is 31.7 Å². The van der Waals surface area contributed by atoms with Crippen molar-refractivity contribution in [2.75, 3.05) is 13.2 Å². The van der Waals surface area contributed by atoms with E-state index < -0.39 is 24.0 Å². The molecule has 2 atom stereocenters. The van der Waals surface area contributed by atoms with Gasteiger partial charge in [-0.05, 0) is 32.3 Å². The Morgan fingerprint density at radius 1 is 1.38 bits per heavy atom. The summed E-state index contributed by atoms with van der Waals surface area (Å²) in [6.45, 7) is 3.51. The first-order valence-electron chi connectivity index (χ1n) is 8.35. The molecule has 0 amide bonds. The maximum Gasteiger partial charge on any atom is 0.392 e. The van der Waals surface area contributed by atoms with E-state index in [1.165, 1.54) is 6.20 Å². The molecule has 2 rings (SSSR count). The summed E-state index contributed by atoms with van der Waals surface area (Å²) in [5.41, 5.74) is 1.32. The summed E-state index contributed by atoms with van der Waals surface area (Å²) >= 11 is 0. The number of carbonyl (C=O) groups is 1. The standard InChI is InChI=1S/C17H24F3NO3/c1-3-24-16(23)13-10-21(8-9-22)15(11(13)2)12-6-4-5-7-14(12)17(18,19)20/h10,12,14,22H,3-9H2,1-2H3. The maximum absolute atomic E-state index is 13.5. The topological polar surface area (TPSA) is 51.5 Å². The van der Waals surface area contributed by atoms with Crippen LogP contribution < -0.4 is 0 Å². The highest BCUT2D eigenvalue weighted by molar-refractivity contribution is 5.91. The van der Waals surface area contributed by atoms with Crippen molar-refractivity contribution in [3.05, 3.63) is 23.0 Å². The SMILES string of the molecule is CCOC(=O)c1cn(CCO)c(C2CCCCC2C(F)(F)F)c1C. The summed E-state index contributed by atoms with van der Waals surface area (Å²) in [6.07, 6.45) is -0.923. The molecule has 1 aliphatic carbocycles. The van der Waals surface area contributed by atoms with Gasteiger partial charge >= 0.3 is 12.1 Å². The quantitative estimate of drug-likeness (QED) is 0.824. The molecule has 1 saturated carbocycles. The third kappa shape index (κ3) is 3.77. The summed E-state index contributed by atoms with van der Waals surface area (Å²) in [5, 5.41) is 9.25. The van der Waals surface area contributed by atoms with E-state index in [4.69, 9.17) is 4.74 Å². The van der Waals surface area contributed by atoms with Crippen LogP contribution in [0.5, 0.6) is 0 Å². The molecule has 0 spiro atoms. The number of aliphatic hydroxyl groups excluding tert-OH is 1. The van der Waals surface area contributed by atoms with Crippen LogP contribution in [0.4, 0.5) is 13.2 Å². The molecule has 0 aromatic carbocycles. The molecule has 0 aliphatic heterocycles. The number of halogens is 3. The molecule has 24 heavy (non-hydrogen) atoms. The lowest BCUT2D eigenvalue weighted by Crippen LogP contribution is -2.33. The monoisotopic (exact) mass is 347 g/mol. The molecule has 1 aromatic rings. The van der Waals surface area contributed by atoms with E-state index in [2.05, 4.69) is 0 Å². The van der Waals surface area contributed by atoms with Gasteiger partial charge in [0.1, 0.15) is 0 Å². The minimum absolute atomic E-state index is 0.104. The molecule has 0 bridgehead atoms. The molecule has 1 N–H and O–H groups in total. The molecule has 1 aromatic heterocycles. The van der Waals surface area contributed by atoms with Gasteiger partial charge in [-0.2, -0.15) is 13.2 Å². The molecule has 0 radical (unpaired) electrons. The molecule has 4 nitrogen and oxygen atoms in total. The van der Waals surface area contributed by atoms with Gasteiger partial charge in [0.15, 0.2) is 0 Å². The number of hydrogen-bond donors (Lipinski definition) is 1. The van der Waals surface area contributed by atoms with E-state index in [0.717, 1.165) is 6.42 Å².